The molecule has 0 saturated heterocycles. The molecule has 0 N–H and O–H groups in total. The van der Waals surface area contributed by atoms with Crippen LogP contribution in [0, 0.1) is 11.3 Å². The van der Waals surface area contributed by atoms with Gasteiger partial charge in [0.25, 0.3) is 0 Å². The number of ether oxygens (including phenoxy) is 2. The molecule has 1 heterocycles. The summed E-state index contributed by atoms with van der Waals surface area (Å²) in [4.78, 5) is 3.94. The van der Waals surface area contributed by atoms with E-state index in [-0.39, 0.29) is 0 Å². The summed E-state index contributed by atoms with van der Waals surface area (Å²) in [5, 5.41) is 8.73. The van der Waals surface area contributed by atoms with E-state index < -0.39 is 0 Å². The van der Waals surface area contributed by atoms with Crippen LogP contribution in [0.25, 0.3) is 5.69 Å². The second kappa shape index (κ2) is 4.58. The second-order valence-corrected chi connectivity index (χ2v) is 3.32. The predicted octanol–water partition coefficient (Wildman–Crippen LogP) is 1.76. The molecule has 0 aliphatic carbocycles. The van der Waals surface area contributed by atoms with Crippen molar-refractivity contribution < 1.29 is 9.47 Å². The average molecular weight is 229 g/mol. The number of hydrogen-bond acceptors (Lipinski definition) is 4. The minimum absolute atomic E-state index is 0.364. The summed E-state index contributed by atoms with van der Waals surface area (Å²) in [6.45, 7) is 0. The number of methoxy groups -OCH3 is 2. The van der Waals surface area contributed by atoms with Crippen LogP contribution in [-0.2, 0) is 0 Å². The van der Waals surface area contributed by atoms with Gasteiger partial charge in [-0.3, -0.25) is 0 Å². The highest BCUT2D eigenvalue weighted by molar-refractivity contribution is 5.51. The number of aromatic nitrogens is 2. The minimum atomic E-state index is 0.364. The summed E-state index contributed by atoms with van der Waals surface area (Å²) >= 11 is 0. The predicted molar refractivity (Wildman–Crippen MR) is 61.4 cm³/mol. The second-order valence-electron chi connectivity index (χ2n) is 3.32. The van der Waals surface area contributed by atoms with E-state index in [1.807, 2.05) is 18.2 Å². The molecule has 0 saturated carbocycles. The van der Waals surface area contributed by atoms with Crippen molar-refractivity contribution in [2.75, 3.05) is 14.2 Å². The zero-order valence-corrected chi connectivity index (χ0v) is 9.54. The van der Waals surface area contributed by atoms with Gasteiger partial charge in [-0.2, -0.15) is 5.26 Å². The van der Waals surface area contributed by atoms with E-state index in [4.69, 9.17) is 14.7 Å². The summed E-state index contributed by atoms with van der Waals surface area (Å²) < 4.78 is 12.1. The Morgan fingerprint density at radius 2 is 2.12 bits per heavy atom. The molecule has 0 aliphatic heterocycles. The van der Waals surface area contributed by atoms with Gasteiger partial charge in [-0.05, 0) is 12.1 Å². The lowest BCUT2D eigenvalue weighted by molar-refractivity contribution is 0.393. The van der Waals surface area contributed by atoms with Crippen molar-refractivity contribution >= 4 is 0 Å². The molecular weight excluding hydrogens is 218 g/mol. The van der Waals surface area contributed by atoms with Gasteiger partial charge in [0, 0.05) is 12.3 Å². The molecule has 0 amide bonds. The van der Waals surface area contributed by atoms with Crippen molar-refractivity contribution in [3.63, 3.8) is 0 Å². The Kier molecular flexibility index (Phi) is 2.97. The summed E-state index contributed by atoms with van der Waals surface area (Å²) in [5.74, 6) is 1.37. The summed E-state index contributed by atoms with van der Waals surface area (Å²) in [5.41, 5.74) is 1.17. The van der Waals surface area contributed by atoms with Gasteiger partial charge in [0.2, 0.25) is 0 Å². The molecule has 5 nitrogen and oxygen atoms in total. The normalized spacial score (nSPS) is 9.71. The van der Waals surface area contributed by atoms with Crippen molar-refractivity contribution in [3.8, 4) is 23.3 Å². The molecule has 0 fully saturated rings. The molecule has 1 aromatic heterocycles. The van der Waals surface area contributed by atoms with Crippen LogP contribution in [0.5, 0.6) is 11.5 Å². The Morgan fingerprint density at radius 1 is 1.29 bits per heavy atom. The molecule has 0 spiro atoms. The molecular formula is C12H11N3O2. The van der Waals surface area contributed by atoms with Gasteiger partial charge in [-0.1, -0.05) is 0 Å². The van der Waals surface area contributed by atoms with Gasteiger partial charge in [0.1, 0.15) is 23.9 Å². The number of benzene rings is 1. The van der Waals surface area contributed by atoms with E-state index in [0.29, 0.717) is 17.2 Å². The number of nitrogens with zero attached hydrogens (tertiary/aromatic N) is 3. The van der Waals surface area contributed by atoms with E-state index in [0.717, 1.165) is 5.69 Å². The van der Waals surface area contributed by atoms with E-state index >= 15 is 0 Å². The zero-order valence-electron chi connectivity index (χ0n) is 9.54. The zero-order chi connectivity index (χ0) is 12.3. The highest BCUT2D eigenvalue weighted by Crippen LogP contribution is 2.27. The summed E-state index contributed by atoms with van der Waals surface area (Å²) in [7, 11) is 3.18. The number of imidazole rings is 1. The lowest BCUT2D eigenvalue weighted by Crippen LogP contribution is -1.96. The first-order valence-electron chi connectivity index (χ1n) is 4.95. The maximum Gasteiger partial charge on any atom is 0.158 e. The van der Waals surface area contributed by atoms with E-state index in [2.05, 4.69) is 4.98 Å². The summed E-state index contributed by atoms with van der Waals surface area (Å²) in [6.07, 6.45) is 3.22. The number of rotatable bonds is 3. The topological polar surface area (TPSA) is 60.1 Å². The van der Waals surface area contributed by atoms with Crippen molar-refractivity contribution in [1.29, 1.82) is 5.26 Å². The standard InChI is InChI=1S/C12H11N3O2/c1-16-10-3-4-11(12(5-10)17-2)15-7-9(6-13)14-8-15/h3-5,7-8H,1-2H3. The smallest absolute Gasteiger partial charge is 0.158 e. The number of nitriles is 1. The fraction of sp³-hybridized carbons (Fsp3) is 0.167. The van der Waals surface area contributed by atoms with Crippen LogP contribution in [0.1, 0.15) is 5.69 Å². The van der Waals surface area contributed by atoms with Crippen LogP contribution in [0.15, 0.2) is 30.7 Å². The Hall–Kier alpha value is -2.48. The van der Waals surface area contributed by atoms with E-state index in [1.54, 1.807) is 37.4 Å². The maximum atomic E-state index is 8.73. The van der Waals surface area contributed by atoms with Gasteiger partial charge in [-0.15, -0.1) is 0 Å². The number of hydrogen-bond donors (Lipinski definition) is 0. The van der Waals surface area contributed by atoms with Crippen LogP contribution in [0.2, 0.25) is 0 Å². The fourth-order valence-corrected chi connectivity index (χ4v) is 1.51. The Bertz CT molecular complexity index is 569. The highest BCUT2D eigenvalue weighted by atomic mass is 16.5. The third-order valence-corrected chi connectivity index (χ3v) is 2.36. The van der Waals surface area contributed by atoms with Crippen LogP contribution in [-0.4, -0.2) is 23.8 Å². The van der Waals surface area contributed by atoms with Crippen LogP contribution < -0.4 is 9.47 Å². The van der Waals surface area contributed by atoms with Crippen molar-refractivity contribution in [2.24, 2.45) is 0 Å². The van der Waals surface area contributed by atoms with Gasteiger partial charge < -0.3 is 14.0 Å². The monoisotopic (exact) mass is 229 g/mol. The lowest BCUT2D eigenvalue weighted by Gasteiger charge is -2.10. The molecule has 86 valence electrons. The third-order valence-electron chi connectivity index (χ3n) is 2.36. The third kappa shape index (κ3) is 2.06. The molecule has 17 heavy (non-hydrogen) atoms. The van der Waals surface area contributed by atoms with Crippen molar-refractivity contribution in [1.82, 2.24) is 9.55 Å². The van der Waals surface area contributed by atoms with E-state index in [1.165, 1.54) is 0 Å². The SMILES string of the molecule is COc1ccc(-n2cnc(C#N)c2)c(OC)c1. The quantitative estimate of drug-likeness (QED) is 0.804. The molecule has 1 aromatic carbocycles. The molecule has 2 aromatic rings. The largest absolute Gasteiger partial charge is 0.497 e. The summed E-state index contributed by atoms with van der Waals surface area (Å²) in [6, 6.07) is 7.43. The molecule has 2 rings (SSSR count). The molecule has 5 heteroatoms. The average Bonchev–Trinajstić information content (AvgIpc) is 2.86. The highest BCUT2D eigenvalue weighted by Gasteiger charge is 2.07. The van der Waals surface area contributed by atoms with E-state index in [9.17, 15) is 0 Å². The molecule has 0 aliphatic rings. The van der Waals surface area contributed by atoms with Crippen molar-refractivity contribution in [2.45, 2.75) is 0 Å². The van der Waals surface area contributed by atoms with Crippen molar-refractivity contribution in [3.05, 3.63) is 36.4 Å². The van der Waals surface area contributed by atoms with Crippen LogP contribution >= 0.6 is 0 Å². The van der Waals surface area contributed by atoms with Crippen LogP contribution in [0.4, 0.5) is 0 Å². The van der Waals surface area contributed by atoms with Crippen LogP contribution in [0.3, 0.4) is 0 Å². The molecule has 0 radical (unpaired) electrons. The molecule has 0 unspecified atom stereocenters. The van der Waals surface area contributed by atoms with Gasteiger partial charge in [0.15, 0.2) is 5.69 Å². The Labute approximate surface area is 98.8 Å². The first kappa shape index (κ1) is 11.0. The maximum absolute atomic E-state index is 8.73. The molecule has 0 atom stereocenters. The fourth-order valence-electron chi connectivity index (χ4n) is 1.51. The Morgan fingerprint density at radius 3 is 2.71 bits per heavy atom. The first-order chi connectivity index (χ1) is 8.28. The lowest BCUT2D eigenvalue weighted by atomic mass is 10.2. The van der Waals surface area contributed by atoms with Gasteiger partial charge >= 0.3 is 0 Å². The first-order valence-corrected chi connectivity index (χ1v) is 4.95. The Balaban J connectivity index is 2.48. The molecule has 0 bridgehead atoms. The minimum Gasteiger partial charge on any atom is -0.497 e. The van der Waals surface area contributed by atoms with Gasteiger partial charge in [-0.25, -0.2) is 4.98 Å². The van der Waals surface area contributed by atoms with Gasteiger partial charge in [0.05, 0.1) is 19.9 Å².